The van der Waals surface area contributed by atoms with Crippen LogP contribution in [0, 0.1) is 5.82 Å². The molecular weight excluding hydrogens is 493 g/mol. The fourth-order valence-corrected chi connectivity index (χ4v) is 3.42. The van der Waals surface area contributed by atoms with Crippen molar-refractivity contribution >= 4 is 65.8 Å². The fourth-order valence-electron chi connectivity index (χ4n) is 3.05. The molecule has 0 aliphatic rings. The van der Waals surface area contributed by atoms with E-state index in [1.165, 1.54) is 43.5 Å². The van der Waals surface area contributed by atoms with Crippen molar-refractivity contribution in [3.8, 4) is 11.3 Å². The van der Waals surface area contributed by atoms with E-state index in [4.69, 9.17) is 5.11 Å². The van der Waals surface area contributed by atoms with Gasteiger partial charge in [-0.15, -0.1) is 0 Å². The van der Waals surface area contributed by atoms with Crippen LogP contribution < -0.4 is 4.31 Å². The number of rotatable bonds is 10. The zero-order chi connectivity index (χ0) is 24.9. The molecule has 0 aliphatic carbocycles. The molecule has 0 aliphatic heterocycles. The van der Waals surface area contributed by atoms with Crippen LogP contribution in [0.1, 0.15) is 43.9 Å². The average molecular weight is 522 g/mol. The van der Waals surface area contributed by atoms with Gasteiger partial charge in [0.1, 0.15) is 5.82 Å². The van der Waals surface area contributed by atoms with Gasteiger partial charge in [-0.2, -0.15) is 0 Å². The van der Waals surface area contributed by atoms with E-state index < -0.39 is 40.4 Å². The Morgan fingerprint density at radius 1 is 1.18 bits per heavy atom. The van der Waals surface area contributed by atoms with E-state index in [2.05, 4.69) is 9.97 Å². The summed E-state index contributed by atoms with van der Waals surface area (Å²) in [4.78, 5) is 19.6. The monoisotopic (exact) mass is 521 g/mol. The first-order chi connectivity index (χ1) is 15.3. The summed E-state index contributed by atoms with van der Waals surface area (Å²) in [5.41, 5.74) is 1.80. The van der Waals surface area contributed by atoms with Crippen LogP contribution in [-0.2, 0) is 14.8 Å². The van der Waals surface area contributed by atoms with Crippen LogP contribution in [0.2, 0.25) is 0 Å². The predicted molar refractivity (Wildman–Crippen MR) is 128 cm³/mol. The first-order valence-corrected chi connectivity index (χ1v) is 12.0. The SMILES string of the molecule is CC(C)c1nc(N(C)S(C)(=O)=O)nc(-c2ccc(F)cc2)c1C=C[C@H](O)C[C@@H](O)CC(=O)O.[Ca]. The number of anilines is 1. The second-order valence-electron chi connectivity index (χ2n) is 7.98. The summed E-state index contributed by atoms with van der Waals surface area (Å²) in [6, 6.07) is 5.49. The Balaban J connectivity index is 0.00000578. The van der Waals surface area contributed by atoms with E-state index in [1.807, 2.05) is 13.8 Å². The molecular formula is C22H28CaFN3O6S. The largest absolute Gasteiger partial charge is 0.481 e. The zero-order valence-electron chi connectivity index (χ0n) is 19.5. The first kappa shape index (κ1) is 30.4. The molecule has 1 aromatic carbocycles. The predicted octanol–water partition coefficient (Wildman–Crippen LogP) is 2.02. The van der Waals surface area contributed by atoms with Crippen molar-refractivity contribution in [1.29, 1.82) is 0 Å². The number of hydrogen-bond acceptors (Lipinski definition) is 7. The normalized spacial score (nSPS) is 13.5. The molecule has 0 spiro atoms. The number of aromatic nitrogens is 2. The molecule has 0 saturated carbocycles. The van der Waals surface area contributed by atoms with Crippen molar-refractivity contribution in [3.63, 3.8) is 0 Å². The van der Waals surface area contributed by atoms with Gasteiger partial charge in [0.2, 0.25) is 16.0 Å². The quantitative estimate of drug-likeness (QED) is 0.403. The molecule has 34 heavy (non-hydrogen) atoms. The minimum Gasteiger partial charge on any atom is -0.481 e. The molecule has 0 fully saturated rings. The number of aliphatic hydroxyl groups is 2. The summed E-state index contributed by atoms with van der Waals surface area (Å²) in [7, 11) is -2.33. The van der Waals surface area contributed by atoms with Crippen LogP contribution in [0.5, 0.6) is 0 Å². The Kier molecular flexibility index (Phi) is 11.5. The number of aliphatic carboxylic acids is 1. The van der Waals surface area contributed by atoms with Gasteiger partial charge in [-0.1, -0.05) is 26.0 Å². The molecule has 2 aromatic rings. The van der Waals surface area contributed by atoms with E-state index in [-0.39, 0.29) is 56.0 Å². The standard InChI is InChI=1S/C22H28FN3O6S.Ca/c1-13(2)20-18(10-9-16(27)11-17(28)12-19(29)30)21(14-5-7-15(23)8-6-14)25-22(24-20)26(3)33(4,31)32;/h5-10,13,16-17,27-28H,11-12H2,1-4H3,(H,29,30);/t16-,17+;/m0./s1. The molecule has 1 aromatic heterocycles. The Hall–Kier alpha value is -1.63. The van der Waals surface area contributed by atoms with Gasteiger partial charge in [0.25, 0.3) is 0 Å². The third-order valence-electron chi connectivity index (χ3n) is 4.82. The maximum Gasteiger partial charge on any atom is 0.305 e. The number of halogens is 1. The summed E-state index contributed by atoms with van der Waals surface area (Å²) in [6.07, 6.45) is 0.860. The summed E-state index contributed by atoms with van der Waals surface area (Å²) >= 11 is 0. The molecule has 12 heteroatoms. The van der Waals surface area contributed by atoms with Crippen LogP contribution in [-0.4, -0.2) is 103 Å². The van der Waals surface area contributed by atoms with Crippen LogP contribution in [0.15, 0.2) is 30.3 Å². The van der Waals surface area contributed by atoms with Crippen molar-refractivity contribution in [2.45, 2.75) is 44.8 Å². The van der Waals surface area contributed by atoms with Crippen molar-refractivity contribution in [3.05, 3.63) is 47.4 Å². The summed E-state index contributed by atoms with van der Waals surface area (Å²) in [5.74, 6) is -1.87. The van der Waals surface area contributed by atoms with E-state index in [9.17, 15) is 27.8 Å². The molecule has 1 heterocycles. The van der Waals surface area contributed by atoms with Gasteiger partial charge in [-0.3, -0.25) is 4.79 Å². The third kappa shape index (κ3) is 8.54. The number of benzene rings is 1. The van der Waals surface area contributed by atoms with E-state index in [0.29, 0.717) is 22.5 Å². The Bertz CT molecular complexity index is 1130. The number of aliphatic hydroxyl groups excluding tert-OH is 2. The van der Waals surface area contributed by atoms with Crippen molar-refractivity contribution in [2.24, 2.45) is 0 Å². The molecule has 9 nitrogen and oxygen atoms in total. The van der Waals surface area contributed by atoms with Gasteiger partial charge < -0.3 is 15.3 Å². The topological polar surface area (TPSA) is 141 Å². The second-order valence-corrected chi connectivity index (χ2v) is 9.99. The number of carbonyl (C=O) groups is 1. The molecule has 0 amide bonds. The van der Waals surface area contributed by atoms with Crippen molar-refractivity contribution in [2.75, 3.05) is 17.6 Å². The smallest absolute Gasteiger partial charge is 0.305 e. The number of carboxylic acid groups (broad SMARTS) is 1. The molecule has 3 N–H and O–H groups in total. The van der Waals surface area contributed by atoms with Gasteiger partial charge in [0, 0.05) is 62.3 Å². The van der Waals surface area contributed by atoms with E-state index >= 15 is 0 Å². The summed E-state index contributed by atoms with van der Waals surface area (Å²) in [5, 5.41) is 28.8. The molecule has 0 unspecified atom stereocenters. The minimum absolute atomic E-state index is 0. The molecule has 182 valence electrons. The number of hydrogen-bond donors (Lipinski definition) is 3. The summed E-state index contributed by atoms with van der Waals surface area (Å²) in [6.45, 7) is 3.71. The maximum atomic E-state index is 13.5. The Morgan fingerprint density at radius 3 is 2.26 bits per heavy atom. The minimum atomic E-state index is -3.65. The number of carboxylic acids is 1. The van der Waals surface area contributed by atoms with Crippen LogP contribution in [0.4, 0.5) is 10.3 Å². The summed E-state index contributed by atoms with van der Waals surface area (Å²) < 4.78 is 38.6. The molecule has 0 bridgehead atoms. The molecule has 2 rings (SSSR count). The van der Waals surface area contributed by atoms with Crippen LogP contribution in [0.3, 0.4) is 0 Å². The zero-order valence-corrected chi connectivity index (χ0v) is 22.5. The van der Waals surface area contributed by atoms with Crippen LogP contribution >= 0.6 is 0 Å². The molecule has 2 atom stereocenters. The van der Waals surface area contributed by atoms with Gasteiger partial charge in [-0.25, -0.2) is 27.1 Å². The Labute approximate surface area is 228 Å². The van der Waals surface area contributed by atoms with Gasteiger partial charge in [-0.05, 0) is 30.2 Å². The fraction of sp³-hybridized carbons (Fsp3) is 0.409. The molecule has 2 radical (unpaired) electrons. The van der Waals surface area contributed by atoms with E-state index in [1.54, 1.807) is 0 Å². The van der Waals surface area contributed by atoms with Gasteiger partial charge in [0.15, 0.2) is 0 Å². The first-order valence-electron chi connectivity index (χ1n) is 10.2. The van der Waals surface area contributed by atoms with E-state index in [0.717, 1.165) is 10.6 Å². The van der Waals surface area contributed by atoms with Crippen molar-refractivity contribution in [1.82, 2.24) is 9.97 Å². The van der Waals surface area contributed by atoms with Crippen molar-refractivity contribution < 1.29 is 32.9 Å². The van der Waals surface area contributed by atoms with Gasteiger partial charge >= 0.3 is 5.97 Å². The average Bonchev–Trinajstić information content (AvgIpc) is 2.70. The number of nitrogens with zero attached hydrogens (tertiary/aromatic N) is 3. The second kappa shape index (κ2) is 12.9. The van der Waals surface area contributed by atoms with Gasteiger partial charge in [0.05, 0.1) is 36.3 Å². The maximum absolute atomic E-state index is 13.5. The Morgan fingerprint density at radius 2 is 1.76 bits per heavy atom. The number of sulfonamides is 1. The van der Waals surface area contributed by atoms with Crippen LogP contribution in [0.25, 0.3) is 17.3 Å². The molecule has 0 saturated heterocycles. The third-order valence-corrected chi connectivity index (χ3v) is 5.97.